The second kappa shape index (κ2) is 6.50. The maximum atomic E-state index is 9.66. The number of hydrogen-bond donors (Lipinski definition) is 2. The van der Waals surface area contributed by atoms with Crippen LogP contribution in [0.3, 0.4) is 0 Å². The van der Waals surface area contributed by atoms with Crippen LogP contribution < -0.4 is 10.6 Å². The van der Waals surface area contributed by atoms with Crippen LogP contribution in [-0.2, 0) is 4.74 Å². The average Bonchev–Trinajstić information content (AvgIpc) is 3.05. The van der Waals surface area contributed by atoms with Crippen LogP contribution in [0.5, 0.6) is 0 Å². The number of nitrogens with zero attached hydrogens (tertiary/aromatic N) is 5. The Morgan fingerprint density at radius 3 is 2.71 bits per heavy atom. The van der Waals surface area contributed by atoms with Crippen molar-refractivity contribution in [2.24, 2.45) is 0 Å². The molecule has 1 unspecified atom stereocenters. The topological polar surface area (TPSA) is 110 Å². The van der Waals surface area contributed by atoms with Crippen molar-refractivity contribution in [3.05, 3.63) is 18.1 Å². The molecule has 0 radical (unpaired) electrons. The van der Waals surface area contributed by atoms with Crippen molar-refractivity contribution < 1.29 is 9.84 Å². The van der Waals surface area contributed by atoms with E-state index in [4.69, 9.17) is 20.4 Å². The predicted molar refractivity (Wildman–Crippen MR) is 91.1 cm³/mol. The van der Waals surface area contributed by atoms with Gasteiger partial charge in [0.05, 0.1) is 36.0 Å². The second-order valence-electron chi connectivity index (χ2n) is 5.71. The molecule has 0 spiro atoms. The minimum atomic E-state index is 0.0289. The molecule has 0 aromatic carbocycles. The first kappa shape index (κ1) is 15.6. The summed E-state index contributed by atoms with van der Waals surface area (Å²) in [7, 11) is 0. The molecule has 3 N–H and O–H groups in total. The number of thioether (sulfide) groups is 1. The molecule has 1 atom stereocenters. The molecule has 4 rings (SSSR count). The zero-order chi connectivity index (χ0) is 16.5. The first-order valence-electron chi connectivity index (χ1n) is 7.82. The number of rotatable bonds is 3. The standard InChI is InChI=1S/C15H18N6O2S/c16-15-17-5-9(6-18-15)13-19-11-10(7-22)8-24-12(11)14(20-13)21-1-3-23-4-2-21/h5-6,10,22H,1-4,7-8H2,(H2,16,17,18). The smallest absolute Gasteiger partial charge is 0.219 e. The summed E-state index contributed by atoms with van der Waals surface area (Å²) in [5.74, 6) is 2.55. The first-order valence-corrected chi connectivity index (χ1v) is 8.81. The van der Waals surface area contributed by atoms with E-state index in [1.165, 1.54) is 0 Å². The van der Waals surface area contributed by atoms with Gasteiger partial charge in [-0.15, -0.1) is 11.8 Å². The van der Waals surface area contributed by atoms with Gasteiger partial charge in [-0.2, -0.15) is 0 Å². The molecule has 0 amide bonds. The van der Waals surface area contributed by atoms with Crippen molar-refractivity contribution in [2.45, 2.75) is 10.8 Å². The van der Waals surface area contributed by atoms with E-state index in [1.807, 2.05) is 0 Å². The van der Waals surface area contributed by atoms with Crippen molar-refractivity contribution >= 4 is 23.5 Å². The predicted octanol–water partition coefficient (Wildman–Crippen LogP) is 0.534. The molecular weight excluding hydrogens is 328 g/mol. The Morgan fingerprint density at radius 2 is 2.00 bits per heavy atom. The number of hydrogen-bond acceptors (Lipinski definition) is 9. The van der Waals surface area contributed by atoms with Crippen molar-refractivity contribution in [1.29, 1.82) is 0 Å². The fraction of sp³-hybridized carbons (Fsp3) is 0.467. The summed E-state index contributed by atoms with van der Waals surface area (Å²) in [6.45, 7) is 3.05. The molecule has 2 aromatic rings. The highest BCUT2D eigenvalue weighted by Crippen LogP contribution is 2.44. The molecule has 126 valence electrons. The van der Waals surface area contributed by atoms with Crippen LogP contribution in [-0.4, -0.2) is 63.7 Å². The number of aliphatic hydroxyl groups is 1. The van der Waals surface area contributed by atoms with Gasteiger partial charge in [0.1, 0.15) is 5.82 Å². The lowest BCUT2D eigenvalue weighted by Gasteiger charge is -2.29. The van der Waals surface area contributed by atoms with Gasteiger partial charge in [0.25, 0.3) is 0 Å². The highest BCUT2D eigenvalue weighted by atomic mass is 32.2. The molecule has 2 aliphatic rings. The van der Waals surface area contributed by atoms with Gasteiger partial charge in [0, 0.05) is 37.2 Å². The molecule has 0 aliphatic carbocycles. The zero-order valence-electron chi connectivity index (χ0n) is 13.1. The fourth-order valence-corrected chi connectivity index (χ4v) is 4.14. The normalized spacial score (nSPS) is 20.2. The highest BCUT2D eigenvalue weighted by Gasteiger charge is 2.31. The summed E-state index contributed by atoms with van der Waals surface area (Å²) in [6, 6.07) is 0. The third-order valence-corrected chi connectivity index (χ3v) is 5.40. The lowest BCUT2D eigenvalue weighted by molar-refractivity contribution is 0.122. The molecule has 4 heterocycles. The Kier molecular flexibility index (Phi) is 4.21. The third kappa shape index (κ3) is 2.79. The first-order chi connectivity index (χ1) is 11.8. The number of nitrogen functional groups attached to an aromatic ring is 1. The van der Waals surface area contributed by atoms with E-state index in [0.717, 1.165) is 40.8 Å². The average molecular weight is 346 g/mol. The molecule has 0 saturated carbocycles. The van der Waals surface area contributed by atoms with Gasteiger partial charge >= 0.3 is 0 Å². The number of aliphatic hydroxyl groups excluding tert-OH is 1. The van der Waals surface area contributed by atoms with Crippen LogP contribution in [0.1, 0.15) is 11.6 Å². The zero-order valence-corrected chi connectivity index (χ0v) is 13.9. The van der Waals surface area contributed by atoms with E-state index in [0.29, 0.717) is 19.0 Å². The summed E-state index contributed by atoms with van der Waals surface area (Å²) >= 11 is 1.71. The minimum Gasteiger partial charge on any atom is -0.396 e. The minimum absolute atomic E-state index is 0.0289. The van der Waals surface area contributed by atoms with Gasteiger partial charge in [-0.1, -0.05) is 0 Å². The number of aromatic nitrogens is 4. The van der Waals surface area contributed by atoms with Crippen LogP contribution in [0.2, 0.25) is 0 Å². The number of ether oxygens (including phenoxy) is 1. The van der Waals surface area contributed by atoms with E-state index in [9.17, 15) is 5.11 Å². The number of morpholine rings is 1. The number of fused-ring (bicyclic) bond motifs is 1. The summed E-state index contributed by atoms with van der Waals surface area (Å²) in [6.07, 6.45) is 3.26. The van der Waals surface area contributed by atoms with E-state index in [2.05, 4.69) is 14.9 Å². The Hall–Kier alpha value is -1.97. The van der Waals surface area contributed by atoms with Crippen LogP contribution in [0.25, 0.3) is 11.4 Å². The summed E-state index contributed by atoms with van der Waals surface area (Å²) in [5, 5.41) is 9.66. The quantitative estimate of drug-likeness (QED) is 0.822. The molecular formula is C15H18N6O2S. The maximum absolute atomic E-state index is 9.66. The van der Waals surface area contributed by atoms with Gasteiger partial charge in [0.15, 0.2) is 5.82 Å². The molecule has 0 bridgehead atoms. The van der Waals surface area contributed by atoms with Crippen LogP contribution in [0, 0.1) is 0 Å². The van der Waals surface area contributed by atoms with Crippen molar-refractivity contribution in [3.63, 3.8) is 0 Å². The Morgan fingerprint density at radius 1 is 1.25 bits per heavy atom. The van der Waals surface area contributed by atoms with Crippen LogP contribution >= 0.6 is 11.8 Å². The van der Waals surface area contributed by atoms with Gasteiger partial charge in [-0.25, -0.2) is 19.9 Å². The number of nitrogens with two attached hydrogens (primary N) is 1. The Bertz CT molecular complexity index is 735. The SMILES string of the molecule is Nc1ncc(-c2nc3c(c(N4CCOCC4)n2)SCC3CO)cn1. The molecule has 2 aliphatic heterocycles. The fourth-order valence-electron chi connectivity index (χ4n) is 2.84. The van der Waals surface area contributed by atoms with Gasteiger partial charge in [-0.05, 0) is 0 Å². The molecule has 9 heteroatoms. The highest BCUT2D eigenvalue weighted by molar-refractivity contribution is 7.99. The molecule has 8 nitrogen and oxygen atoms in total. The molecule has 2 aromatic heterocycles. The van der Waals surface area contributed by atoms with Crippen LogP contribution in [0.15, 0.2) is 17.3 Å². The third-order valence-electron chi connectivity index (χ3n) is 4.15. The largest absolute Gasteiger partial charge is 0.396 e. The molecule has 1 saturated heterocycles. The maximum Gasteiger partial charge on any atom is 0.219 e. The van der Waals surface area contributed by atoms with Gasteiger partial charge < -0.3 is 20.5 Å². The lowest BCUT2D eigenvalue weighted by atomic mass is 10.1. The molecule has 1 fully saturated rings. The van der Waals surface area contributed by atoms with Crippen molar-refractivity contribution in [3.8, 4) is 11.4 Å². The second-order valence-corrected chi connectivity index (χ2v) is 6.74. The lowest BCUT2D eigenvalue weighted by Crippen LogP contribution is -2.37. The van der Waals surface area contributed by atoms with Crippen molar-refractivity contribution in [2.75, 3.05) is 49.3 Å². The Labute approximate surface area is 143 Å². The monoisotopic (exact) mass is 346 g/mol. The van der Waals surface area contributed by atoms with E-state index in [-0.39, 0.29) is 18.5 Å². The molecule has 24 heavy (non-hydrogen) atoms. The summed E-state index contributed by atoms with van der Waals surface area (Å²) in [5.41, 5.74) is 7.19. The van der Waals surface area contributed by atoms with E-state index in [1.54, 1.807) is 24.2 Å². The van der Waals surface area contributed by atoms with E-state index >= 15 is 0 Å². The van der Waals surface area contributed by atoms with Crippen molar-refractivity contribution in [1.82, 2.24) is 19.9 Å². The van der Waals surface area contributed by atoms with Gasteiger partial charge in [-0.3, -0.25) is 0 Å². The summed E-state index contributed by atoms with van der Waals surface area (Å²) in [4.78, 5) is 20.8. The van der Waals surface area contributed by atoms with Crippen LogP contribution in [0.4, 0.5) is 11.8 Å². The number of anilines is 2. The van der Waals surface area contributed by atoms with E-state index < -0.39 is 0 Å². The van der Waals surface area contributed by atoms with Gasteiger partial charge in [0.2, 0.25) is 5.95 Å². The summed E-state index contributed by atoms with van der Waals surface area (Å²) < 4.78 is 5.45. The Balaban J connectivity index is 1.81.